The van der Waals surface area contributed by atoms with Crippen LogP contribution in [0.3, 0.4) is 0 Å². The van der Waals surface area contributed by atoms with E-state index < -0.39 is 0 Å². The summed E-state index contributed by atoms with van der Waals surface area (Å²) < 4.78 is 0. The molecule has 166 valence electrons. The van der Waals surface area contributed by atoms with Gasteiger partial charge in [-0.05, 0) is 73.2 Å². The van der Waals surface area contributed by atoms with E-state index in [4.69, 9.17) is 11.6 Å². The van der Waals surface area contributed by atoms with Crippen molar-refractivity contribution in [2.45, 2.75) is 52.0 Å². The fourth-order valence-corrected chi connectivity index (χ4v) is 5.03. The molecule has 0 aromatic heterocycles. The SMILES string of the molecule is CCCN1c2cc(Cl)c(/C=N\NC(=O)c3ccc4ccccc4c3)cc2C(C)CC1(C)C. The Labute approximate surface area is 195 Å². The molecule has 0 radical (unpaired) electrons. The third kappa shape index (κ3) is 4.37. The van der Waals surface area contributed by atoms with E-state index in [2.05, 4.69) is 55.3 Å². The smallest absolute Gasteiger partial charge is 0.271 e. The van der Waals surface area contributed by atoms with E-state index in [9.17, 15) is 4.79 Å². The van der Waals surface area contributed by atoms with Gasteiger partial charge in [0.1, 0.15) is 0 Å². The molecule has 1 unspecified atom stereocenters. The van der Waals surface area contributed by atoms with Crippen molar-refractivity contribution in [2.75, 3.05) is 11.4 Å². The molecule has 1 N–H and O–H groups in total. The molecule has 0 bridgehead atoms. The number of rotatable bonds is 5. The lowest BCUT2D eigenvalue weighted by Crippen LogP contribution is -2.48. The summed E-state index contributed by atoms with van der Waals surface area (Å²) in [6.45, 7) is 10.1. The first kappa shape index (κ1) is 22.3. The summed E-state index contributed by atoms with van der Waals surface area (Å²) in [5, 5.41) is 6.95. The van der Waals surface area contributed by atoms with Crippen LogP contribution in [-0.2, 0) is 0 Å². The van der Waals surface area contributed by atoms with Crippen molar-refractivity contribution >= 4 is 40.2 Å². The molecule has 3 aromatic carbocycles. The molecule has 0 fully saturated rings. The standard InChI is InChI=1S/C27H30ClN3O/c1-5-12-31-25-15-24(28)22(14-23(25)18(2)16-27(31,3)4)17-29-30-26(32)21-11-10-19-8-6-7-9-20(19)13-21/h6-11,13-15,17-18H,5,12,16H2,1-4H3,(H,30,32)/b29-17-. The number of nitrogens with one attached hydrogen (secondary N) is 1. The Morgan fingerprint density at radius 3 is 2.69 bits per heavy atom. The minimum atomic E-state index is -0.245. The van der Waals surface area contributed by atoms with Gasteiger partial charge in [0.15, 0.2) is 0 Å². The van der Waals surface area contributed by atoms with Gasteiger partial charge < -0.3 is 4.90 Å². The maximum Gasteiger partial charge on any atom is 0.271 e. The zero-order chi connectivity index (χ0) is 22.9. The van der Waals surface area contributed by atoms with Gasteiger partial charge in [-0.1, -0.05) is 55.8 Å². The van der Waals surface area contributed by atoms with Crippen molar-refractivity contribution < 1.29 is 4.79 Å². The maximum absolute atomic E-state index is 12.6. The first-order chi connectivity index (χ1) is 15.3. The maximum atomic E-state index is 12.6. The minimum Gasteiger partial charge on any atom is -0.366 e. The molecule has 0 saturated carbocycles. The molecule has 1 amide bonds. The van der Waals surface area contributed by atoms with Gasteiger partial charge in [-0.2, -0.15) is 5.10 Å². The number of carbonyl (C=O) groups is 1. The van der Waals surface area contributed by atoms with Crippen LogP contribution in [0.15, 0.2) is 59.7 Å². The van der Waals surface area contributed by atoms with E-state index in [0.29, 0.717) is 16.5 Å². The lowest BCUT2D eigenvalue weighted by molar-refractivity contribution is 0.0955. The van der Waals surface area contributed by atoms with Gasteiger partial charge >= 0.3 is 0 Å². The molecule has 5 heteroatoms. The number of anilines is 1. The Bertz CT molecular complexity index is 1180. The average Bonchev–Trinajstić information content (AvgIpc) is 2.76. The number of amides is 1. The quantitative estimate of drug-likeness (QED) is 0.347. The molecule has 32 heavy (non-hydrogen) atoms. The fourth-order valence-electron chi connectivity index (χ4n) is 4.82. The predicted octanol–water partition coefficient (Wildman–Crippen LogP) is 6.76. The first-order valence-electron chi connectivity index (χ1n) is 11.2. The highest BCUT2D eigenvalue weighted by Gasteiger charge is 2.36. The van der Waals surface area contributed by atoms with Crippen molar-refractivity contribution in [3.63, 3.8) is 0 Å². The molecular weight excluding hydrogens is 418 g/mol. The van der Waals surface area contributed by atoms with Crippen LogP contribution in [0.1, 0.15) is 67.9 Å². The van der Waals surface area contributed by atoms with Crippen LogP contribution in [0.4, 0.5) is 5.69 Å². The summed E-state index contributed by atoms with van der Waals surface area (Å²) in [6, 6.07) is 17.8. The van der Waals surface area contributed by atoms with E-state index in [1.807, 2.05) is 42.5 Å². The summed E-state index contributed by atoms with van der Waals surface area (Å²) in [5.74, 6) is 0.176. The minimum absolute atomic E-state index is 0.0925. The highest BCUT2D eigenvalue weighted by Crippen LogP contribution is 2.45. The van der Waals surface area contributed by atoms with Crippen LogP contribution in [0, 0.1) is 0 Å². The van der Waals surface area contributed by atoms with E-state index in [0.717, 1.165) is 35.7 Å². The van der Waals surface area contributed by atoms with Gasteiger partial charge in [-0.25, -0.2) is 5.43 Å². The highest BCUT2D eigenvalue weighted by molar-refractivity contribution is 6.33. The first-order valence-corrected chi connectivity index (χ1v) is 11.6. The molecule has 1 aliphatic heterocycles. The van der Waals surface area contributed by atoms with E-state index in [1.165, 1.54) is 11.3 Å². The zero-order valence-corrected chi connectivity index (χ0v) is 19.9. The summed E-state index contributed by atoms with van der Waals surface area (Å²) in [6.07, 6.45) is 3.80. The molecule has 0 spiro atoms. The topological polar surface area (TPSA) is 44.7 Å². The summed E-state index contributed by atoms with van der Waals surface area (Å²) in [5.41, 5.74) is 6.60. The molecule has 1 aliphatic rings. The van der Waals surface area contributed by atoms with Gasteiger partial charge in [0.25, 0.3) is 5.91 Å². The monoisotopic (exact) mass is 447 g/mol. The molecule has 0 aliphatic carbocycles. The van der Waals surface area contributed by atoms with E-state index >= 15 is 0 Å². The molecule has 4 nitrogen and oxygen atoms in total. The van der Waals surface area contributed by atoms with Gasteiger partial charge in [0.2, 0.25) is 0 Å². The predicted molar refractivity (Wildman–Crippen MR) is 135 cm³/mol. The van der Waals surface area contributed by atoms with Crippen molar-refractivity contribution in [3.05, 3.63) is 76.3 Å². The Balaban J connectivity index is 1.55. The van der Waals surface area contributed by atoms with Crippen LogP contribution < -0.4 is 10.3 Å². The van der Waals surface area contributed by atoms with Gasteiger partial charge in [0.05, 0.1) is 11.2 Å². The second kappa shape index (κ2) is 8.95. The Kier molecular flexibility index (Phi) is 6.25. The normalized spacial score (nSPS) is 17.5. The fraction of sp³-hybridized carbons (Fsp3) is 0.333. The Hall–Kier alpha value is -2.85. The summed E-state index contributed by atoms with van der Waals surface area (Å²) >= 11 is 6.63. The number of fused-ring (bicyclic) bond motifs is 2. The molecule has 4 rings (SSSR count). The van der Waals surface area contributed by atoms with Crippen LogP contribution >= 0.6 is 11.6 Å². The van der Waals surface area contributed by atoms with E-state index in [-0.39, 0.29) is 11.4 Å². The average molecular weight is 448 g/mol. The van der Waals surface area contributed by atoms with Crippen LogP contribution in [0.2, 0.25) is 5.02 Å². The van der Waals surface area contributed by atoms with E-state index in [1.54, 1.807) is 6.21 Å². The number of hydrogen-bond donors (Lipinski definition) is 1. The van der Waals surface area contributed by atoms with Crippen molar-refractivity contribution in [2.24, 2.45) is 5.10 Å². The van der Waals surface area contributed by atoms with Crippen LogP contribution in [0.25, 0.3) is 10.8 Å². The second-order valence-corrected chi connectivity index (χ2v) is 9.67. The van der Waals surface area contributed by atoms with Crippen molar-refractivity contribution in [1.29, 1.82) is 0 Å². The lowest BCUT2D eigenvalue weighted by atomic mass is 9.79. The largest absolute Gasteiger partial charge is 0.366 e. The van der Waals surface area contributed by atoms with Crippen molar-refractivity contribution in [1.82, 2.24) is 5.43 Å². The highest BCUT2D eigenvalue weighted by atomic mass is 35.5. The number of benzene rings is 3. The molecule has 0 saturated heterocycles. The van der Waals surface area contributed by atoms with Crippen LogP contribution in [-0.4, -0.2) is 24.2 Å². The number of halogens is 1. The number of hydrazone groups is 1. The molecule has 1 atom stereocenters. The summed E-state index contributed by atoms with van der Waals surface area (Å²) in [7, 11) is 0. The molecular formula is C27H30ClN3O. The third-order valence-electron chi connectivity index (χ3n) is 6.33. The number of carbonyl (C=O) groups excluding carboxylic acids is 1. The summed E-state index contributed by atoms with van der Waals surface area (Å²) in [4.78, 5) is 15.0. The van der Waals surface area contributed by atoms with Gasteiger partial charge in [-0.3, -0.25) is 4.79 Å². The number of nitrogens with zero attached hydrogens (tertiary/aromatic N) is 2. The zero-order valence-electron chi connectivity index (χ0n) is 19.2. The van der Waals surface area contributed by atoms with Gasteiger partial charge in [0, 0.05) is 28.9 Å². The third-order valence-corrected chi connectivity index (χ3v) is 6.66. The van der Waals surface area contributed by atoms with Gasteiger partial charge in [-0.15, -0.1) is 0 Å². The van der Waals surface area contributed by atoms with Crippen LogP contribution in [0.5, 0.6) is 0 Å². The van der Waals surface area contributed by atoms with Crippen molar-refractivity contribution in [3.8, 4) is 0 Å². The molecule has 1 heterocycles. The Morgan fingerprint density at radius 2 is 1.94 bits per heavy atom. The number of hydrogen-bond acceptors (Lipinski definition) is 3. The second-order valence-electron chi connectivity index (χ2n) is 9.26. The molecule has 3 aromatic rings. The Morgan fingerprint density at radius 1 is 1.19 bits per heavy atom. The lowest BCUT2D eigenvalue weighted by Gasteiger charge is -2.47.